The summed E-state index contributed by atoms with van der Waals surface area (Å²) < 4.78 is 18.1. The number of rotatable bonds is 7. The summed E-state index contributed by atoms with van der Waals surface area (Å²) >= 11 is 0. The van der Waals surface area contributed by atoms with Gasteiger partial charge in [-0.25, -0.2) is 4.79 Å². The number of hydrogen-bond acceptors (Lipinski definition) is 4. The minimum absolute atomic E-state index is 0.101. The maximum atomic E-state index is 11.1. The molecule has 0 bridgehead atoms. The molecule has 1 aromatic heterocycles. The molecule has 1 N–H and O–H groups in total. The SMILES string of the molecule is CCn1ccc2c(/C=C(\C)C(=O)O)cc(OC)c(OCOC)c21. The molecule has 6 heteroatoms. The average molecular weight is 319 g/mol. The Morgan fingerprint density at radius 1 is 1.39 bits per heavy atom. The molecule has 2 aromatic rings. The first-order chi connectivity index (χ1) is 11.0. The Labute approximate surface area is 134 Å². The van der Waals surface area contributed by atoms with E-state index in [9.17, 15) is 4.79 Å². The molecule has 0 fully saturated rings. The van der Waals surface area contributed by atoms with Crippen LogP contribution in [0, 0.1) is 0 Å². The first-order valence-corrected chi connectivity index (χ1v) is 7.26. The Morgan fingerprint density at radius 2 is 2.13 bits per heavy atom. The molecule has 124 valence electrons. The predicted molar refractivity (Wildman–Crippen MR) is 88.0 cm³/mol. The van der Waals surface area contributed by atoms with Gasteiger partial charge in [-0.3, -0.25) is 0 Å². The fourth-order valence-corrected chi connectivity index (χ4v) is 2.45. The van der Waals surface area contributed by atoms with Crippen LogP contribution in [0.1, 0.15) is 19.4 Å². The summed E-state index contributed by atoms with van der Waals surface area (Å²) in [5.74, 6) is 0.167. The summed E-state index contributed by atoms with van der Waals surface area (Å²) in [5.41, 5.74) is 1.88. The van der Waals surface area contributed by atoms with Gasteiger partial charge in [0.25, 0.3) is 0 Å². The van der Waals surface area contributed by atoms with Crippen LogP contribution in [0.5, 0.6) is 11.5 Å². The van der Waals surface area contributed by atoms with E-state index in [1.54, 1.807) is 33.3 Å². The Balaban J connectivity index is 2.74. The van der Waals surface area contributed by atoms with Gasteiger partial charge >= 0.3 is 5.97 Å². The number of ether oxygens (including phenoxy) is 3. The molecule has 23 heavy (non-hydrogen) atoms. The van der Waals surface area contributed by atoms with Gasteiger partial charge in [-0.15, -0.1) is 0 Å². The summed E-state index contributed by atoms with van der Waals surface area (Å²) in [6.07, 6.45) is 3.57. The average Bonchev–Trinajstić information content (AvgIpc) is 2.97. The number of carbonyl (C=O) groups is 1. The highest BCUT2D eigenvalue weighted by Gasteiger charge is 2.17. The quantitative estimate of drug-likeness (QED) is 0.627. The van der Waals surface area contributed by atoms with Crippen molar-refractivity contribution in [1.82, 2.24) is 4.57 Å². The Hall–Kier alpha value is -2.47. The minimum Gasteiger partial charge on any atom is -0.493 e. The van der Waals surface area contributed by atoms with E-state index in [1.165, 1.54) is 0 Å². The zero-order chi connectivity index (χ0) is 17.0. The molecule has 2 rings (SSSR count). The molecule has 1 heterocycles. The molecule has 0 atom stereocenters. The summed E-state index contributed by atoms with van der Waals surface area (Å²) in [7, 11) is 3.10. The van der Waals surface area contributed by atoms with Crippen molar-refractivity contribution in [3.63, 3.8) is 0 Å². The maximum absolute atomic E-state index is 11.1. The molecule has 0 spiro atoms. The van der Waals surface area contributed by atoms with Crippen LogP contribution in [0.2, 0.25) is 0 Å². The number of fused-ring (bicyclic) bond motifs is 1. The monoisotopic (exact) mass is 319 g/mol. The smallest absolute Gasteiger partial charge is 0.331 e. The number of aryl methyl sites for hydroxylation is 1. The van der Waals surface area contributed by atoms with Gasteiger partial charge in [0.1, 0.15) is 0 Å². The molecule has 0 saturated carbocycles. The van der Waals surface area contributed by atoms with Crippen LogP contribution in [0.4, 0.5) is 0 Å². The second-order valence-corrected chi connectivity index (χ2v) is 5.04. The van der Waals surface area contributed by atoms with Gasteiger partial charge in [0, 0.05) is 30.8 Å². The lowest BCUT2D eigenvalue weighted by Crippen LogP contribution is -2.04. The Bertz CT molecular complexity index is 745. The molecule has 0 aliphatic heterocycles. The predicted octanol–water partition coefficient (Wildman–Crippen LogP) is 3.14. The fourth-order valence-electron chi connectivity index (χ4n) is 2.45. The Kier molecular flexibility index (Phi) is 5.28. The van der Waals surface area contributed by atoms with E-state index in [2.05, 4.69) is 0 Å². The normalized spacial score (nSPS) is 11.7. The van der Waals surface area contributed by atoms with Crippen molar-refractivity contribution in [2.75, 3.05) is 21.0 Å². The molecule has 0 aliphatic carbocycles. The first-order valence-electron chi connectivity index (χ1n) is 7.26. The van der Waals surface area contributed by atoms with Crippen LogP contribution < -0.4 is 9.47 Å². The molecule has 0 amide bonds. The number of methoxy groups -OCH3 is 2. The maximum Gasteiger partial charge on any atom is 0.331 e. The van der Waals surface area contributed by atoms with Crippen LogP contribution in [-0.4, -0.2) is 36.7 Å². The van der Waals surface area contributed by atoms with Gasteiger partial charge < -0.3 is 23.9 Å². The van der Waals surface area contributed by atoms with Crippen LogP contribution in [0.3, 0.4) is 0 Å². The van der Waals surface area contributed by atoms with Gasteiger partial charge in [0.2, 0.25) is 0 Å². The molecule has 1 aromatic carbocycles. The third-order valence-corrected chi connectivity index (χ3v) is 3.59. The van der Waals surface area contributed by atoms with Crippen LogP contribution in [0.25, 0.3) is 17.0 Å². The number of benzene rings is 1. The van der Waals surface area contributed by atoms with E-state index in [-0.39, 0.29) is 12.4 Å². The van der Waals surface area contributed by atoms with Crippen LogP contribution in [-0.2, 0) is 16.1 Å². The Morgan fingerprint density at radius 3 is 2.70 bits per heavy atom. The van der Waals surface area contributed by atoms with E-state index in [1.807, 2.05) is 23.8 Å². The van der Waals surface area contributed by atoms with Crippen molar-refractivity contribution in [3.05, 3.63) is 29.5 Å². The third kappa shape index (κ3) is 3.32. The van der Waals surface area contributed by atoms with E-state index >= 15 is 0 Å². The first kappa shape index (κ1) is 16.9. The zero-order valence-corrected chi connectivity index (χ0v) is 13.8. The second-order valence-electron chi connectivity index (χ2n) is 5.04. The van der Waals surface area contributed by atoms with Gasteiger partial charge in [-0.05, 0) is 37.6 Å². The number of carboxylic acid groups (broad SMARTS) is 1. The number of hydrogen-bond donors (Lipinski definition) is 1. The molecular formula is C17H21NO5. The van der Waals surface area contributed by atoms with E-state index in [4.69, 9.17) is 19.3 Å². The lowest BCUT2D eigenvalue weighted by atomic mass is 10.1. The summed E-state index contributed by atoms with van der Waals surface area (Å²) in [6, 6.07) is 3.72. The fraction of sp³-hybridized carbons (Fsp3) is 0.353. The van der Waals surface area contributed by atoms with Crippen LogP contribution >= 0.6 is 0 Å². The highest BCUT2D eigenvalue weighted by molar-refractivity contribution is 5.99. The van der Waals surface area contributed by atoms with Crippen molar-refractivity contribution in [2.45, 2.75) is 20.4 Å². The molecule has 0 radical (unpaired) electrons. The third-order valence-electron chi connectivity index (χ3n) is 3.59. The van der Waals surface area contributed by atoms with Gasteiger partial charge in [-0.1, -0.05) is 0 Å². The zero-order valence-electron chi connectivity index (χ0n) is 13.8. The number of carboxylic acids is 1. The molecule has 0 unspecified atom stereocenters. The lowest BCUT2D eigenvalue weighted by molar-refractivity contribution is -0.132. The molecule has 0 aliphatic rings. The van der Waals surface area contributed by atoms with E-state index < -0.39 is 5.97 Å². The van der Waals surface area contributed by atoms with Crippen molar-refractivity contribution in [1.29, 1.82) is 0 Å². The minimum atomic E-state index is -0.952. The van der Waals surface area contributed by atoms with E-state index in [0.717, 1.165) is 23.0 Å². The second kappa shape index (κ2) is 7.19. The van der Waals surface area contributed by atoms with Crippen molar-refractivity contribution in [3.8, 4) is 11.5 Å². The van der Waals surface area contributed by atoms with Crippen molar-refractivity contribution < 1.29 is 24.1 Å². The summed E-state index contributed by atoms with van der Waals surface area (Å²) in [6.45, 7) is 4.44. The molecule has 0 saturated heterocycles. The standard InChI is InChI=1S/C17H21NO5/c1-5-18-7-6-13-12(8-11(2)17(19)20)9-14(22-4)16(15(13)18)23-10-21-3/h6-9H,5,10H2,1-4H3,(H,19,20)/b11-8+. The number of nitrogens with zero attached hydrogens (tertiary/aromatic N) is 1. The summed E-state index contributed by atoms with van der Waals surface area (Å²) in [4.78, 5) is 11.1. The highest BCUT2D eigenvalue weighted by Crippen LogP contribution is 2.39. The largest absolute Gasteiger partial charge is 0.493 e. The highest BCUT2D eigenvalue weighted by atomic mass is 16.7. The number of aliphatic carboxylic acids is 1. The van der Waals surface area contributed by atoms with Gasteiger partial charge in [0.15, 0.2) is 18.3 Å². The van der Waals surface area contributed by atoms with Gasteiger partial charge in [0.05, 0.1) is 12.6 Å². The lowest BCUT2D eigenvalue weighted by Gasteiger charge is -2.15. The van der Waals surface area contributed by atoms with E-state index in [0.29, 0.717) is 11.5 Å². The summed E-state index contributed by atoms with van der Waals surface area (Å²) in [5, 5.41) is 10.0. The van der Waals surface area contributed by atoms with Gasteiger partial charge in [-0.2, -0.15) is 0 Å². The van der Waals surface area contributed by atoms with Crippen molar-refractivity contribution in [2.24, 2.45) is 0 Å². The number of aromatic nitrogens is 1. The van der Waals surface area contributed by atoms with Crippen molar-refractivity contribution >= 4 is 22.9 Å². The van der Waals surface area contributed by atoms with Crippen LogP contribution in [0.15, 0.2) is 23.9 Å². The topological polar surface area (TPSA) is 69.9 Å². The molecular weight excluding hydrogens is 298 g/mol. The molecule has 6 nitrogen and oxygen atoms in total.